The number of benzene rings is 3. The largest absolute Gasteiger partial charge is 0.480 e. The second-order valence-electron chi connectivity index (χ2n) is 29.0. The third-order valence-electron chi connectivity index (χ3n) is 19.2. The number of thiazole rings is 3. The van der Waals surface area contributed by atoms with Crippen molar-refractivity contribution in [1.29, 1.82) is 0 Å². The highest BCUT2D eigenvalue weighted by atomic mass is 32.1. The van der Waals surface area contributed by atoms with Crippen LogP contribution in [-0.2, 0) is 54.5 Å². The molecule has 112 heavy (non-hydrogen) atoms. The summed E-state index contributed by atoms with van der Waals surface area (Å²) in [4.78, 5) is 144. The second-order valence-corrected chi connectivity index (χ2v) is 32.3. The van der Waals surface area contributed by atoms with Gasteiger partial charge in [0.1, 0.15) is 16.7 Å². The number of rotatable bonds is 23. The predicted octanol–water partition coefficient (Wildman–Crippen LogP) is 8.53. The van der Waals surface area contributed by atoms with Gasteiger partial charge >= 0.3 is 29.6 Å². The number of aromatic nitrogens is 6. The molecule has 3 saturated heterocycles. The van der Waals surface area contributed by atoms with Gasteiger partial charge < -0.3 is 77.0 Å². The van der Waals surface area contributed by atoms with Gasteiger partial charge in [0, 0.05) is 70.6 Å². The normalized spacial score (nSPS) is 17.5. The summed E-state index contributed by atoms with van der Waals surface area (Å²) in [7, 11) is 16.4. The van der Waals surface area contributed by atoms with Crippen LogP contribution in [0.25, 0.3) is 30.6 Å². The Labute approximate surface area is 662 Å². The number of Topliss-reactive ketones (excluding diaryl/α,β-unsaturated/α-hetero) is 1. The number of ether oxygens (including phenoxy) is 3. The van der Waals surface area contributed by atoms with E-state index in [2.05, 4.69) is 111 Å². The lowest BCUT2D eigenvalue weighted by molar-refractivity contribution is -0.148. The van der Waals surface area contributed by atoms with E-state index in [0.717, 1.165) is 119 Å². The van der Waals surface area contributed by atoms with Crippen molar-refractivity contribution in [2.45, 2.75) is 103 Å². The summed E-state index contributed by atoms with van der Waals surface area (Å²) in [6.07, 6.45) is 12.3. The number of aliphatic carboxylic acids is 1. The summed E-state index contributed by atoms with van der Waals surface area (Å²) in [6, 6.07) is 23.1. The zero-order chi connectivity index (χ0) is 81.2. The number of carboxylic acids is 1. The Morgan fingerprint density at radius 3 is 1.22 bits per heavy atom. The number of nitrogens with zero attached hydrogens (tertiary/aromatic N) is 11. The third-order valence-corrected chi connectivity index (χ3v) is 22.5. The van der Waals surface area contributed by atoms with E-state index < -0.39 is 53.1 Å². The Morgan fingerprint density at radius 2 is 0.866 bits per heavy atom. The molecule has 3 aliphatic heterocycles. The Kier molecular flexibility index (Phi) is 30.2. The maximum Gasteiger partial charge on any atom is 0.372 e. The number of carbonyl (C=O) groups is 9. The van der Waals surface area contributed by atoms with E-state index in [1.165, 1.54) is 91.7 Å². The van der Waals surface area contributed by atoms with Crippen molar-refractivity contribution in [3.8, 4) is 17.6 Å². The number of carboxylic acid groups (broad SMARTS) is 1. The number of nitrogens with one attached hydrogen (secondary N) is 3. The molecule has 3 fully saturated rings. The number of amides is 7. The van der Waals surface area contributed by atoms with Crippen LogP contribution in [0, 0.1) is 17.8 Å². The summed E-state index contributed by atoms with van der Waals surface area (Å²) in [5.41, 5.74) is 22.9. The van der Waals surface area contributed by atoms with Crippen LogP contribution in [0.1, 0.15) is 146 Å². The molecule has 6 aromatic heterocycles. The number of piperidine rings is 3. The van der Waals surface area contributed by atoms with E-state index in [4.69, 9.17) is 51.5 Å². The van der Waals surface area contributed by atoms with Crippen LogP contribution in [0.2, 0.25) is 0 Å². The zero-order valence-corrected chi connectivity index (χ0v) is 67.6. The molecule has 33 heteroatoms. The van der Waals surface area contributed by atoms with Crippen molar-refractivity contribution < 1.29 is 62.5 Å². The van der Waals surface area contributed by atoms with E-state index in [0.29, 0.717) is 19.1 Å². The van der Waals surface area contributed by atoms with Crippen LogP contribution in [0.15, 0.2) is 91.4 Å². The van der Waals surface area contributed by atoms with E-state index >= 15 is 0 Å². The first-order valence-corrected chi connectivity index (χ1v) is 39.2. The van der Waals surface area contributed by atoms with Crippen LogP contribution in [0.4, 0.5) is 11.4 Å². The van der Waals surface area contributed by atoms with E-state index in [1.807, 2.05) is 63.8 Å². The number of primary amides is 3. The number of pyridine rings is 3. The van der Waals surface area contributed by atoms with E-state index in [1.54, 1.807) is 32.5 Å². The molecule has 0 unspecified atom stereocenters. The number of likely N-dealkylation sites (N-methyl/N-ethyl adjacent to an activating group) is 3. The molecule has 7 amide bonds. The minimum atomic E-state index is -1.54. The van der Waals surface area contributed by atoms with E-state index in [9.17, 15) is 43.2 Å². The highest BCUT2D eigenvalue weighted by Gasteiger charge is 2.37. The van der Waals surface area contributed by atoms with Gasteiger partial charge in [-0.3, -0.25) is 38.4 Å². The van der Waals surface area contributed by atoms with Crippen LogP contribution >= 0.6 is 34.0 Å². The molecule has 0 aliphatic carbocycles. The fourth-order valence-electron chi connectivity index (χ4n) is 13.2. The van der Waals surface area contributed by atoms with Gasteiger partial charge in [0.2, 0.25) is 23.4 Å². The molecule has 3 aliphatic rings. The predicted molar refractivity (Wildman–Crippen MR) is 432 cm³/mol. The summed E-state index contributed by atoms with van der Waals surface area (Å²) in [6.45, 7) is 11.4. The molecule has 10 N–H and O–H groups in total. The van der Waals surface area contributed by atoms with Crippen LogP contribution in [0.5, 0.6) is 17.6 Å². The first-order chi connectivity index (χ1) is 53.4. The van der Waals surface area contributed by atoms with Crippen molar-refractivity contribution in [3.05, 3.63) is 145 Å². The van der Waals surface area contributed by atoms with Gasteiger partial charge in [0.05, 0.1) is 103 Å². The summed E-state index contributed by atoms with van der Waals surface area (Å²) in [5, 5.41) is 20.6. The fourth-order valence-corrected chi connectivity index (χ4v) is 16.0. The number of likely N-dealkylation sites (tertiary alicyclic amines) is 2. The average molecular weight is 1590 g/mol. The average Bonchev–Trinajstić information content (AvgIpc) is 1.54. The van der Waals surface area contributed by atoms with Gasteiger partial charge in [-0.25, -0.2) is 34.7 Å². The monoisotopic (exact) mass is 1590 g/mol. The molecule has 9 heterocycles. The molecule has 12 rings (SSSR count). The van der Waals surface area contributed by atoms with Crippen LogP contribution in [-0.4, -0.2) is 215 Å². The molecule has 0 bridgehead atoms. The maximum atomic E-state index is 13.3. The Balaban J connectivity index is 0.000000180. The minimum Gasteiger partial charge on any atom is -0.480 e. The molecule has 3 aromatic carbocycles. The van der Waals surface area contributed by atoms with Crippen LogP contribution in [0.3, 0.4) is 0 Å². The molecule has 0 saturated carbocycles. The number of hydrogen-bond donors (Lipinski definition) is 7. The van der Waals surface area contributed by atoms with Gasteiger partial charge in [-0.1, -0.05) is 39.0 Å². The number of nitrogens with two attached hydrogens (primary N) is 3. The molecule has 6 atom stereocenters. The van der Waals surface area contributed by atoms with Crippen molar-refractivity contribution in [2.24, 2.45) is 35.0 Å². The van der Waals surface area contributed by atoms with Gasteiger partial charge in [0.25, 0.3) is 17.7 Å². The number of anilines is 2. The Hall–Kier alpha value is -10.6. The standard InChI is InChI=1S/2C26H32N6O4S.C17H25N3S.C10H10N2O5/c2*1-15-5-7-20(16-6-8-21-19(11-16)30-22(37-21)9-10-31(2)3)32(14-15)26(35)24(34)29-17-12-18(23(27)33)25(36-4)28-13-17;1-12-4-6-14(18-11-12)13-5-7-16-15(10-13)19-17(21-16)8-9-20(2)3;1-17-9-6(8(11)14)2-5(4-12-9)3-7(13)10(15)16/h2*6,8,11-13,15,20H,5,7,9-10,14H2,1-4H3,(H2,27,33)(H,29,34);5,7,10,12,14,18H,4,6,8-9,11H2,1-3H3;2,4H,3H2,1H3,(H2,11,14)(H,15,16)/t2*15-,20+;12-,14+;/m101./s1. The molecule has 30 nitrogen and oxygen atoms in total. The topological polar surface area (TPSA) is 409 Å². The van der Waals surface area contributed by atoms with Gasteiger partial charge in [-0.05, 0) is 182 Å². The number of carbonyl (C=O) groups excluding carboxylic acids is 8. The minimum absolute atomic E-state index is 0.00295. The fraction of sp³-hybridized carbons (Fsp3) is 0.430. The van der Waals surface area contributed by atoms with E-state index in [-0.39, 0.29) is 81.6 Å². The number of fused-ring (bicyclic) bond motifs is 3. The number of ketones is 1. The van der Waals surface area contributed by atoms with Crippen molar-refractivity contribution in [3.63, 3.8) is 0 Å². The van der Waals surface area contributed by atoms with Crippen molar-refractivity contribution >= 4 is 129 Å². The Morgan fingerprint density at radius 1 is 0.500 bits per heavy atom. The number of methoxy groups -OCH3 is 3. The highest BCUT2D eigenvalue weighted by Crippen LogP contribution is 2.39. The summed E-state index contributed by atoms with van der Waals surface area (Å²) < 4.78 is 18.4. The Bertz CT molecular complexity index is 4680. The second kappa shape index (κ2) is 39.6. The van der Waals surface area contributed by atoms with Gasteiger partial charge in [-0.15, -0.1) is 34.0 Å². The maximum absolute atomic E-state index is 13.3. The third kappa shape index (κ3) is 23.1. The van der Waals surface area contributed by atoms with Crippen molar-refractivity contribution in [2.75, 3.05) is 114 Å². The lowest BCUT2D eigenvalue weighted by Gasteiger charge is -2.38. The van der Waals surface area contributed by atoms with Crippen LogP contribution < -0.4 is 47.4 Å². The molecular weight excluding hydrogens is 1490 g/mol. The molecule has 9 aromatic rings. The highest BCUT2D eigenvalue weighted by molar-refractivity contribution is 7.19. The van der Waals surface area contributed by atoms with Gasteiger partial charge in [-0.2, -0.15) is 0 Å². The molecule has 596 valence electrons. The zero-order valence-electron chi connectivity index (χ0n) is 65.2. The SMILES string of the molecule is COc1ncc(CC(=O)C(=O)O)cc1C(N)=O.COc1ncc(NC(=O)C(=O)N2C[C@@H](C)CC[C@@H]2c2ccc3sc(CCN(C)C)nc3c2)cc1C(N)=O.COc1ncc(NC(=O)C(=O)N2C[C@H](C)CC[C@H]2c2ccc3sc(CCN(C)C)nc3c2)cc1C(N)=O.C[C@@H]1CC[C@@H](c2ccc3sc(CCN(C)C)nc3c2)NC1. The van der Waals surface area contributed by atoms with Crippen molar-refractivity contribution in [1.82, 2.24) is 59.7 Å². The quantitative estimate of drug-likeness (QED) is 0.0295. The van der Waals surface area contributed by atoms with Gasteiger partial charge in [0.15, 0.2) is 0 Å². The molecule has 0 spiro atoms. The first kappa shape index (κ1) is 85.5. The number of hydrogen-bond acceptors (Lipinski definition) is 25. The lowest BCUT2D eigenvalue weighted by atomic mass is 9.89. The first-order valence-electron chi connectivity index (χ1n) is 36.7. The smallest absolute Gasteiger partial charge is 0.372 e. The summed E-state index contributed by atoms with van der Waals surface area (Å²) >= 11 is 5.20. The molecule has 0 radical (unpaired) electrons. The summed E-state index contributed by atoms with van der Waals surface area (Å²) in [5.74, 6) is -6.24. The molecular formula is C79H99N17O13S3. The lowest BCUT2D eigenvalue weighted by Crippen LogP contribution is -2.46.